The number of hydrogen-bond acceptors (Lipinski definition) is 13. The Bertz CT molecular complexity index is 2350. The van der Waals surface area contributed by atoms with Gasteiger partial charge < -0.3 is 44.9 Å². The van der Waals surface area contributed by atoms with Crippen LogP contribution in [0.1, 0.15) is 11.1 Å². The summed E-state index contributed by atoms with van der Waals surface area (Å²) in [6, 6.07) is 11.6. The maximum Gasteiger partial charge on any atom is 0.490 e. The quantitative estimate of drug-likeness (QED) is 0.116. The van der Waals surface area contributed by atoms with Gasteiger partial charge in [-0.05, 0) is 60.4 Å². The molecule has 0 atom stereocenters. The second-order valence-corrected chi connectivity index (χ2v) is 13.0. The van der Waals surface area contributed by atoms with E-state index in [0.717, 1.165) is 45.7 Å². The molecule has 63 heavy (non-hydrogen) atoms. The van der Waals surface area contributed by atoms with Crippen LogP contribution in [0.2, 0.25) is 5.02 Å². The third-order valence-electron chi connectivity index (χ3n) is 8.17. The molecule has 2 aliphatic heterocycles. The summed E-state index contributed by atoms with van der Waals surface area (Å²) in [5.41, 5.74) is 4.40. The van der Waals surface area contributed by atoms with Crippen molar-refractivity contribution < 1.29 is 83.2 Å². The summed E-state index contributed by atoms with van der Waals surface area (Å²) in [6.07, 6.45) is -5.29. The Labute approximate surface area is 352 Å². The fourth-order valence-electron chi connectivity index (χ4n) is 5.28. The van der Waals surface area contributed by atoms with E-state index >= 15 is 0 Å². The molecular formula is C36H30ClF9N8O9. The van der Waals surface area contributed by atoms with Gasteiger partial charge in [0.2, 0.25) is 5.95 Å². The summed E-state index contributed by atoms with van der Waals surface area (Å²) >= 11 is 6.38. The Morgan fingerprint density at radius 3 is 1.98 bits per heavy atom. The molecule has 27 heteroatoms. The predicted octanol–water partition coefficient (Wildman–Crippen LogP) is 6.88. The van der Waals surface area contributed by atoms with Crippen molar-refractivity contribution in [3.63, 3.8) is 0 Å². The van der Waals surface area contributed by atoms with Crippen LogP contribution in [0.15, 0.2) is 71.9 Å². The van der Waals surface area contributed by atoms with Crippen molar-refractivity contribution in [1.82, 2.24) is 24.8 Å². The number of nitrogens with zero attached hydrogens (tertiary/aromatic N) is 6. The summed E-state index contributed by atoms with van der Waals surface area (Å²) in [7, 11) is 0. The number of aromatic nitrogens is 4. The van der Waals surface area contributed by atoms with E-state index in [9.17, 15) is 44.3 Å². The molecule has 1 amide bonds. The monoisotopic (exact) mass is 924 g/mol. The van der Waals surface area contributed by atoms with Crippen LogP contribution in [0.25, 0.3) is 11.0 Å². The number of rotatable bonds is 4. The minimum atomic E-state index is -5.08. The van der Waals surface area contributed by atoms with Gasteiger partial charge in [-0.25, -0.2) is 24.4 Å². The van der Waals surface area contributed by atoms with Gasteiger partial charge in [0.25, 0.3) is 5.91 Å². The molecule has 6 heterocycles. The molecule has 7 rings (SSSR count). The molecule has 1 saturated heterocycles. The van der Waals surface area contributed by atoms with Crippen LogP contribution in [-0.2, 0) is 32.0 Å². The van der Waals surface area contributed by atoms with Gasteiger partial charge in [-0.15, -0.1) is 0 Å². The van der Waals surface area contributed by atoms with Crippen molar-refractivity contribution >= 4 is 75.3 Å². The van der Waals surface area contributed by atoms with E-state index in [0.29, 0.717) is 55.1 Å². The number of carboxylic acid groups (broad SMARTS) is 3. The first-order valence-electron chi connectivity index (χ1n) is 17.4. The van der Waals surface area contributed by atoms with Crippen molar-refractivity contribution in [1.29, 1.82) is 0 Å². The molecule has 0 spiro atoms. The molecule has 0 aliphatic carbocycles. The Balaban J connectivity index is 0.000000344. The maximum atomic E-state index is 13.2. The van der Waals surface area contributed by atoms with Crippen LogP contribution in [0.5, 0.6) is 5.75 Å². The Hall–Kier alpha value is -7.12. The van der Waals surface area contributed by atoms with E-state index < -0.39 is 36.4 Å². The highest BCUT2D eigenvalue weighted by molar-refractivity contribution is 6.32. The highest BCUT2D eigenvalue weighted by Crippen LogP contribution is 2.31. The second-order valence-electron chi connectivity index (χ2n) is 12.6. The zero-order chi connectivity index (χ0) is 46.7. The third kappa shape index (κ3) is 14.5. The van der Waals surface area contributed by atoms with E-state index in [1.807, 2.05) is 47.5 Å². The van der Waals surface area contributed by atoms with Crippen molar-refractivity contribution in [3.8, 4) is 5.75 Å². The topological polar surface area (TPSA) is 233 Å². The second kappa shape index (κ2) is 20.6. The molecule has 0 radical (unpaired) electrons. The largest absolute Gasteiger partial charge is 0.490 e. The molecule has 4 aromatic heterocycles. The first-order chi connectivity index (χ1) is 29.4. The zero-order valence-corrected chi connectivity index (χ0v) is 32.3. The molecule has 1 aromatic carbocycles. The van der Waals surface area contributed by atoms with Gasteiger partial charge in [0.15, 0.2) is 12.4 Å². The van der Waals surface area contributed by atoms with E-state index in [4.69, 9.17) is 50.5 Å². The van der Waals surface area contributed by atoms with Gasteiger partial charge in [0.05, 0.1) is 29.7 Å². The number of furan rings is 1. The number of fused-ring (bicyclic) bond motifs is 7. The summed E-state index contributed by atoms with van der Waals surface area (Å²) in [4.78, 5) is 61.6. The number of anilines is 5. The number of carbonyl (C=O) groups excluding carboxylic acids is 1. The molecule has 338 valence electrons. The van der Waals surface area contributed by atoms with Crippen LogP contribution in [-0.4, -0.2) is 115 Å². The van der Waals surface area contributed by atoms with E-state index in [2.05, 4.69) is 35.5 Å². The lowest BCUT2D eigenvalue weighted by atomic mass is 10.0. The summed E-state index contributed by atoms with van der Waals surface area (Å²) in [6.45, 7) is 2.50. The molecule has 6 bridgehead atoms. The van der Waals surface area contributed by atoms with Crippen molar-refractivity contribution in [2.24, 2.45) is 0 Å². The number of hydrogen-bond donors (Lipinski definition) is 5. The number of amides is 1. The van der Waals surface area contributed by atoms with E-state index in [-0.39, 0.29) is 12.5 Å². The number of ether oxygens (including phenoxy) is 1. The van der Waals surface area contributed by atoms with Crippen LogP contribution in [0, 0.1) is 0 Å². The van der Waals surface area contributed by atoms with E-state index in [1.165, 1.54) is 0 Å². The minimum Gasteiger partial charge on any atom is -0.483 e. The predicted molar refractivity (Wildman–Crippen MR) is 201 cm³/mol. The van der Waals surface area contributed by atoms with Crippen LogP contribution in [0.3, 0.4) is 0 Å². The zero-order valence-electron chi connectivity index (χ0n) is 31.6. The van der Waals surface area contributed by atoms with Crippen LogP contribution in [0.4, 0.5) is 68.5 Å². The summed E-state index contributed by atoms with van der Waals surface area (Å²) in [5, 5.41) is 29.2. The molecule has 17 nitrogen and oxygen atoms in total. The number of carbonyl (C=O) groups is 4. The first-order valence-corrected chi connectivity index (χ1v) is 17.8. The molecular weight excluding hydrogens is 895 g/mol. The molecule has 0 unspecified atom stereocenters. The van der Waals surface area contributed by atoms with Gasteiger partial charge in [-0.2, -0.15) is 44.5 Å². The van der Waals surface area contributed by atoms with Gasteiger partial charge in [0.1, 0.15) is 22.2 Å². The number of piperazine rings is 1. The smallest absolute Gasteiger partial charge is 0.483 e. The van der Waals surface area contributed by atoms with Crippen LogP contribution >= 0.6 is 11.6 Å². The number of pyridine rings is 2. The fraction of sp³-hybridized carbons (Fsp3) is 0.278. The normalized spacial score (nSPS) is 13.6. The van der Waals surface area contributed by atoms with Gasteiger partial charge >= 0.3 is 36.4 Å². The van der Waals surface area contributed by atoms with Gasteiger partial charge in [0, 0.05) is 44.3 Å². The number of aryl methyl sites for hydroxylation is 2. The average molecular weight is 925 g/mol. The Morgan fingerprint density at radius 1 is 0.762 bits per heavy atom. The Kier molecular flexibility index (Phi) is 15.9. The fourth-order valence-corrected chi connectivity index (χ4v) is 5.41. The highest BCUT2D eigenvalue weighted by Gasteiger charge is 2.39. The summed E-state index contributed by atoms with van der Waals surface area (Å²) < 4.78 is 107. The Morgan fingerprint density at radius 2 is 1.38 bits per heavy atom. The lowest BCUT2D eigenvalue weighted by molar-refractivity contribution is -0.193. The molecule has 5 aromatic rings. The SMILES string of the molecule is O=C(COc1ccc2cc1CCc1cncc(c1)Nc1ncc(Cl)c(n1)N2)N1CCN(c2nccc3occc23)CC1.O=C(O)C(F)(F)F.O=C(O)C(F)(F)F.O=C(O)C(F)(F)F. The highest BCUT2D eigenvalue weighted by atomic mass is 35.5. The van der Waals surface area contributed by atoms with Gasteiger partial charge in [-0.1, -0.05) is 11.6 Å². The molecule has 5 N–H and O–H groups in total. The maximum absolute atomic E-state index is 13.2. The van der Waals surface area contributed by atoms with E-state index in [1.54, 1.807) is 24.9 Å². The third-order valence-corrected chi connectivity index (χ3v) is 8.45. The number of carboxylic acids is 3. The van der Waals surface area contributed by atoms with Gasteiger partial charge in [-0.3, -0.25) is 9.78 Å². The first kappa shape index (κ1) is 48.5. The molecule has 0 saturated carbocycles. The average Bonchev–Trinajstić information content (AvgIpc) is 3.70. The number of alkyl halides is 9. The lowest BCUT2D eigenvalue weighted by Crippen LogP contribution is -2.50. The minimum absolute atomic E-state index is 0.0442. The van der Waals surface area contributed by atoms with Crippen molar-refractivity contribution in [3.05, 3.63) is 83.6 Å². The van der Waals surface area contributed by atoms with Crippen LogP contribution < -0.4 is 20.3 Å². The molecule has 2 aliphatic rings. The number of aliphatic carboxylic acids is 3. The van der Waals surface area contributed by atoms with Crippen molar-refractivity contribution in [2.75, 3.05) is 48.3 Å². The number of benzene rings is 1. The summed E-state index contributed by atoms with van der Waals surface area (Å²) in [5.74, 6) is -5.89. The standard InChI is InChI=1S/C30H27ClN8O3.3C2HF3O2/c31-24-17-34-30-36-22-13-19(15-32-16-22)1-2-20-14-21(35-28(24)37-30)3-4-25(20)42-18-27(40)38-8-10-39(11-9-38)29-23-6-12-41-26(23)5-7-33-29;3*3-2(4,5)1(6)7/h3-7,12-17H,1-2,8-11,18H2,(H2,34,35,36,37);3*(H,6,7). The number of nitrogens with one attached hydrogen (secondary N) is 2. The van der Waals surface area contributed by atoms with Crippen molar-refractivity contribution in [2.45, 2.75) is 31.4 Å². The molecule has 1 fully saturated rings. The number of halogens is 10. The lowest BCUT2D eigenvalue weighted by Gasteiger charge is -2.35.